The van der Waals surface area contributed by atoms with Crippen molar-refractivity contribution in [3.63, 3.8) is 0 Å². The monoisotopic (exact) mass is 374 g/mol. The molecular weight excluding hydrogens is 352 g/mol. The van der Waals surface area contributed by atoms with Crippen LogP contribution in [0.15, 0.2) is 30.7 Å². The quantitative estimate of drug-likeness (QED) is 0.690. The van der Waals surface area contributed by atoms with E-state index in [0.29, 0.717) is 13.0 Å². The fourth-order valence-corrected chi connectivity index (χ4v) is 3.80. The maximum atomic E-state index is 12.4. The Bertz CT molecular complexity index is 1060. The lowest BCUT2D eigenvalue weighted by Crippen LogP contribution is -2.27. The second-order valence-electron chi connectivity index (χ2n) is 7.64. The number of aromatic nitrogens is 4. The molecule has 3 aliphatic rings. The third-order valence-corrected chi connectivity index (χ3v) is 5.45. The van der Waals surface area contributed by atoms with Crippen molar-refractivity contribution >= 4 is 17.1 Å². The third kappa shape index (κ3) is 2.95. The topological polar surface area (TPSA) is 79.2 Å². The van der Waals surface area contributed by atoms with Gasteiger partial charge in [-0.1, -0.05) is 19.3 Å². The first-order valence-electron chi connectivity index (χ1n) is 9.99. The highest BCUT2D eigenvalue weighted by molar-refractivity contribution is 6.02. The van der Waals surface area contributed by atoms with Gasteiger partial charge in [-0.25, -0.2) is 9.50 Å². The molecule has 2 fully saturated rings. The lowest BCUT2D eigenvalue weighted by atomic mass is 10.1. The van der Waals surface area contributed by atoms with Gasteiger partial charge in [-0.3, -0.25) is 4.79 Å². The zero-order chi connectivity index (χ0) is 19.1. The first-order chi connectivity index (χ1) is 13.7. The van der Waals surface area contributed by atoms with Gasteiger partial charge < -0.3 is 9.47 Å². The van der Waals surface area contributed by atoms with Gasteiger partial charge in [0.15, 0.2) is 0 Å². The van der Waals surface area contributed by atoms with E-state index < -0.39 is 5.92 Å². The number of carbonyl (C=O) groups is 1. The minimum absolute atomic E-state index is 0.126. The van der Waals surface area contributed by atoms with Crippen molar-refractivity contribution in [3.05, 3.63) is 36.5 Å². The van der Waals surface area contributed by atoms with Crippen LogP contribution in [0, 0.1) is 17.2 Å². The fourth-order valence-electron chi connectivity index (χ4n) is 3.80. The predicted molar refractivity (Wildman–Crippen MR) is 105 cm³/mol. The molecule has 3 aromatic rings. The number of nitriles is 1. The Kier molecular flexibility index (Phi) is 4.12. The summed E-state index contributed by atoms with van der Waals surface area (Å²) in [5.74, 6) is 0.461. The van der Waals surface area contributed by atoms with E-state index >= 15 is 0 Å². The Hall–Kier alpha value is -3.14. The molecular formula is C21H22N6O. The second-order valence-corrected chi connectivity index (χ2v) is 7.64. The van der Waals surface area contributed by atoms with Crippen LogP contribution in [0.5, 0.6) is 0 Å². The minimum Gasteiger partial charge on any atom is -0.334 e. The van der Waals surface area contributed by atoms with E-state index in [0.717, 1.165) is 47.7 Å². The van der Waals surface area contributed by atoms with Gasteiger partial charge in [0.05, 0.1) is 23.0 Å². The molecule has 1 unspecified atom stereocenters. The van der Waals surface area contributed by atoms with Crippen molar-refractivity contribution in [2.24, 2.45) is 5.92 Å². The number of anilines is 1. The summed E-state index contributed by atoms with van der Waals surface area (Å²) in [6.07, 6.45) is 13.0. The molecule has 142 valence electrons. The van der Waals surface area contributed by atoms with Gasteiger partial charge in [-0.2, -0.15) is 10.4 Å². The molecule has 7 heteroatoms. The van der Waals surface area contributed by atoms with Crippen LogP contribution in [0.25, 0.3) is 16.8 Å². The molecule has 1 saturated carbocycles. The van der Waals surface area contributed by atoms with E-state index in [9.17, 15) is 4.79 Å². The summed E-state index contributed by atoms with van der Waals surface area (Å²) in [6, 6.07) is 5.95. The van der Waals surface area contributed by atoms with Crippen LogP contribution < -0.4 is 4.90 Å². The van der Waals surface area contributed by atoms with Crippen molar-refractivity contribution in [1.29, 1.82) is 5.26 Å². The zero-order valence-corrected chi connectivity index (χ0v) is 15.7. The molecule has 6 rings (SSSR count). The minimum atomic E-state index is -0.543. The van der Waals surface area contributed by atoms with Crippen LogP contribution in [-0.4, -0.2) is 31.6 Å². The number of imidazole rings is 1. The van der Waals surface area contributed by atoms with Crippen LogP contribution in [-0.2, 0) is 17.8 Å². The van der Waals surface area contributed by atoms with E-state index in [4.69, 9.17) is 10.2 Å². The summed E-state index contributed by atoms with van der Waals surface area (Å²) in [7, 11) is 0. The van der Waals surface area contributed by atoms with Crippen molar-refractivity contribution in [3.8, 4) is 17.3 Å². The number of fused-ring (bicyclic) bond motifs is 2. The van der Waals surface area contributed by atoms with E-state index in [-0.39, 0.29) is 5.91 Å². The Morgan fingerprint density at radius 1 is 1.14 bits per heavy atom. The Morgan fingerprint density at radius 3 is 2.71 bits per heavy atom. The number of aryl methyl sites for hydroxylation is 2. The molecule has 28 heavy (non-hydrogen) atoms. The lowest BCUT2D eigenvalue weighted by Gasteiger charge is -2.16. The SMILES string of the molecule is C1CC1.N#CC1CCN(c2ccnn3cc(-c4cn5c(n4)CCC5)cc23)C1=O. The van der Waals surface area contributed by atoms with E-state index in [2.05, 4.69) is 21.9 Å². The number of amides is 1. The summed E-state index contributed by atoms with van der Waals surface area (Å²) >= 11 is 0. The summed E-state index contributed by atoms with van der Waals surface area (Å²) in [5.41, 5.74) is 3.59. The molecule has 2 aliphatic heterocycles. The first kappa shape index (κ1) is 17.0. The number of nitrogens with zero attached hydrogens (tertiary/aromatic N) is 6. The van der Waals surface area contributed by atoms with Crippen molar-refractivity contribution < 1.29 is 4.79 Å². The van der Waals surface area contributed by atoms with Crippen molar-refractivity contribution in [2.75, 3.05) is 11.4 Å². The fraction of sp³-hybridized carbons (Fsp3) is 0.429. The molecule has 1 aliphatic carbocycles. The van der Waals surface area contributed by atoms with Crippen LogP contribution in [0.2, 0.25) is 0 Å². The molecule has 0 N–H and O–H groups in total. The Labute approximate surface area is 163 Å². The van der Waals surface area contributed by atoms with Crippen LogP contribution in [0.4, 0.5) is 5.69 Å². The van der Waals surface area contributed by atoms with Gasteiger partial charge in [-0.05, 0) is 25.0 Å². The van der Waals surface area contributed by atoms with E-state index in [1.165, 1.54) is 19.3 Å². The second kappa shape index (κ2) is 6.79. The van der Waals surface area contributed by atoms with Gasteiger partial charge in [0, 0.05) is 43.7 Å². The third-order valence-electron chi connectivity index (χ3n) is 5.45. The normalized spacial score (nSPS) is 20.0. The van der Waals surface area contributed by atoms with Crippen molar-refractivity contribution in [1.82, 2.24) is 19.2 Å². The van der Waals surface area contributed by atoms with E-state index in [1.807, 2.05) is 18.3 Å². The molecule has 3 aromatic heterocycles. The van der Waals surface area contributed by atoms with Gasteiger partial charge in [0.25, 0.3) is 0 Å². The molecule has 0 spiro atoms. The maximum absolute atomic E-state index is 12.4. The largest absolute Gasteiger partial charge is 0.334 e. The summed E-state index contributed by atoms with van der Waals surface area (Å²) < 4.78 is 3.98. The van der Waals surface area contributed by atoms with Crippen LogP contribution in [0.3, 0.4) is 0 Å². The average molecular weight is 374 g/mol. The molecule has 1 saturated heterocycles. The molecule has 7 nitrogen and oxygen atoms in total. The molecule has 1 amide bonds. The zero-order valence-electron chi connectivity index (χ0n) is 15.7. The Balaban J connectivity index is 0.000000522. The summed E-state index contributed by atoms with van der Waals surface area (Å²) in [4.78, 5) is 18.8. The summed E-state index contributed by atoms with van der Waals surface area (Å²) in [5, 5.41) is 13.5. The molecule has 1 atom stereocenters. The standard InChI is InChI=1S/C18H16N6O.C3H6/c19-9-12-4-7-23(18(12)25)15-3-5-20-24-10-13(8-16(15)24)14-11-22-6-1-2-17(22)21-14;1-2-3-1/h3,5,8,10-12H,1-2,4,6-7H2;1-3H2. The molecule has 0 aromatic carbocycles. The number of carbonyl (C=O) groups excluding carboxylic acids is 1. The van der Waals surface area contributed by atoms with Crippen LogP contribution >= 0.6 is 0 Å². The highest BCUT2D eigenvalue weighted by Crippen LogP contribution is 2.32. The highest BCUT2D eigenvalue weighted by Gasteiger charge is 2.33. The number of hydrogen-bond donors (Lipinski definition) is 0. The molecule has 0 radical (unpaired) electrons. The summed E-state index contributed by atoms with van der Waals surface area (Å²) in [6.45, 7) is 1.59. The highest BCUT2D eigenvalue weighted by atomic mass is 16.2. The van der Waals surface area contributed by atoms with Gasteiger partial charge in [0.1, 0.15) is 11.7 Å². The number of hydrogen-bond acceptors (Lipinski definition) is 4. The molecule has 5 heterocycles. The first-order valence-corrected chi connectivity index (χ1v) is 9.99. The van der Waals surface area contributed by atoms with Crippen molar-refractivity contribution in [2.45, 2.75) is 45.1 Å². The smallest absolute Gasteiger partial charge is 0.244 e. The lowest BCUT2D eigenvalue weighted by molar-refractivity contribution is -0.118. The van der Waals surface area contributed by atoms with Gasteiger partial charge in [-0.15, -0.1) is 0 Å². The average Bonchev–Trinajstić information content (AvgIpc) is 3.12. The predicted octanol–water partition coefficient (Wildman–Crippen LogP) is 3.19. The van der Waals surface area contributed by atoms with Gasteiger partial charge >= 0.3 is 0 Å². The maximum Gasteiger partial charge on any atom is 0.244 e. The Morgan fingerprint density at radius 2 is 2.00 bits per heavy atom. The van der Waals surface area contributed by atoms with E-state index in [1.54, 1.807) is 15.6 Å². The van der Waals surface area contributed by atoms with Crippen LogP contribution in [0.1, 0.15) is 37.9 Å². The molecule has 0 bridgehead atoms. The number of rotatable bonds is 2. The van der Waals surface area contributed by atoms with Gasteiger partial charge in [0.2, 0.25) is 5.91 Å².